The number of hydrogen-bond donors (Lipinski definition) is 0. The maximum Gasteiger partial charge on any atom is 0.390 e. The molecule has 4 nitrogen and oxygen atoms in total. The summed E-state index contributed by atoms with van der Waals surface area (Å²) in [6.45, 7) is 0.595. The number of nitriles is 1. The second-order valence-electron chi connectivity index (χ2n) is 4.11. The molecule has 0 atom stereocenters. The topological polar surface area (TPSA) is 61.2 Å². The third-order valence-corrected chi connectivity index (χ3v) is 4.94. The summed E-state index contributed by atoms with van der Waals surface area (Å²) in [5.74, 6) is 0. The van der Waals surface area contributed by atoms with Gasteiger partial charge in [0.2, 0.25) is 10.0 Å². The first-order valence-corrected chi connectivity index (χ1v) is 7.70. The van der Waals surface area contributed by atoms with Gasteiger partial charge in [-0.2, -0.15) is 22.7 Å². The van der Waals surface area contributed by atoms with Gasteiger partial charge in [0, 0.05) is 18.1 Å². The molecule has 1 aromatic rings. The Labute approximate surface area is 125 Å². The van der Waals surface area contributed by atoms with Crippen LogP contribution < -0.4 is 0 Å². The minimum atomic E-state index is -4.46. The van der Waals surface area contributed by atoms with Crippen LogP contribution in [0.1, 0.15) is 18.9 Å². The fourth-order valence-electron chi connectivity index (χ4n) is 1.65. The van der Waals surface area contributed by atoms with Gasteiger partial charge in [-0.05, 0) is 18.2 Å². The molecule has 21 heavy (non-hydrogen) atoms. The van der Waals surface area contributed by atoms with Crippen LogP contribution in [0.15, 0.2) is 23.1 Å². The summed E-state index contributed by atoms with van der Waals surface area (Å²) in [4.78, 5) is -0.349. The highest BCUT2D eigenvalue weighted by molar-refractivity contribution is 7.89. The van der Waals surface area contributed by atoms with Crippen molar-refractivity contribution in [3.63, 3.8) is 0 Å². The SMILES string of the molecule is CCN(CCC(F)(F)F)S(=O)(=O)c1ccc(Cl)cc1C#N. The smallest absolute Gasteiger partial charge is 0.207 e. The Kier molecular flexibility index (Phi) is 5.61. The van der Waals surface area contributed by atoms with Gasteiger partial charge < -0.3 is 0 Å². The molecule has 0 unspecified atom stereocenters. The number of rotatable bonds is 5. The van der Waals surface area contributed by atoms with Crippen molar-refractivity contribution in [2.45, 2.75) is 24.4 Å². The van der Waals surface area contributed by atoms with Gasteiger partial charge >= 0.3 is 6.18 Å². The van der Waals surface area contributed by atoms with Gasteiger partial charge in [0.15, 0.2) is 0 Å². The van der Waals surface area contributed by atoms with Crippen LogP contribution >= 0.6 is 11.6 Å². The first kappa shape index (κ1) is 17.8. The zero-order chi connectivity index (χ0) is 16.3. The van der Waals surface area contributed by atoms with E-state index in [0.717, 1.165) is 12.1 Å². The van der Waals surface area contributed by atoms with Crippen molar-refractivity contribution >= 4 is 21.6 Å². The molecular weight excluding hydrogens is 329 g/mol. The summed E-state index contributed by atoms with van der Waals surface area (Å²) < 4.78 is 62.1. The van der Waals surface area contributed by atoms with E-state index in [1.807, 2.05) is 0 Å². The number of nitrogens with zero attached hydrogens (tertiary/aromatic N) is 2. The molecule has 0 aromatic heterocycles. The highest BCUT2D eigenvalue weighted by Crippen LogP contribution is 2.25. The molecule has 0 aliphatic rings. The van der Waals surface area contributed by atoms with Gasteiger partial charge in [-0.3, -0.25) is 0 Å². The van der Waals surface area contributed by atoms with Crippen LogP contribution in [-0.4, -0.2) is 32.0 Å². The molecule has 0 N–H and O–H groups in total. The Balaban J connectivity index is 3.17. The predicted molar refractivity (Wildman–Crippen MR) is 71.3 cm³/mol. The molecule has 0 aliphatic carbocycles. The zero-order valence-corrected chi connectivity index (χ0v) is 12.6. The van der Waals surface area contributed by atoms with Gasteiger partial charge in [-0.15, -0.1) is 0 Å². The van der Waals surface area contributed by atoms with Crippen molar-refractivity contribution in [2.24, 2.45) is 0 Å². The average molecular weight is 341 g/mol. The lowest BCUT2D eigenvalue weighted by atomic mass is 10.2. The third-order valence-electron chi connectivity index (χ3n) is 2.68. The van der Waals surface area contributed by atoms with E-state index in [9.17, 15) is 21.6 Å². The van der Waals surface area contributed by atoms with E-state index >= 15 is 0 Å². The van der Waals surface area contributed by atoms with E-state index in [2.05, 4.69) is 0 Å². The number of alkyl halides is 3. The minimum absolute atomic E-state index is 0.133. The average Bonchev–Trinajstić information content (AvgIpc) is 2.37. The van der Waals surface area contributed by atoms with Gasteiger partial charge in [-0.25, -0.2) is 8.42 Å². The van der Waals surface area contributed by atoms with E-state index in [-0.39, 0.29) is 22.0 Å². The van der Waals surface area contributed by atoms with Crippen LogP contribution in [0.2, 0.25) is 5.02 Å². The number of benzene rings is 1. The van der Waals surface area contributed by atoms with E-state index in [1.165, 1.54) is 13.0 Å². The third kappa shape index (κ3) is 4.59. The molecule has 0 saturated heterocycles. The van der Waals surface area contributed by atoms with Crippen LogP contribution in [0.4, 0.5) is 13.2 Å². The van der Waals surface area contributed by atoms with Crippen molar-refractivity contribution < 1.29 is 21.6 Å². The summed E-state index contributed by atoms with van der Waals surface area (Å²) in [7, 11) is -4.18. The summed E-state index contributed by atoms with van der Waals surface area (Å²) >= 11 is 5.67. The van der Waals surface area contributed by atoms with Crippen LogP contribution in [0, 0.1) is 11.3 Å². The second-order valence-corrected chi connectivity index (χ2v) is 6.46. The van der Waals surface area contributed by atoms with Crippen molar-refractivity contribution in [3.8, 4) is 6.07 Å². The predicted octanol–water partition coefficient (Wildman–Crippen LogP) is 3.17. The van der Waals surface area contributed by atoms with Crippen molar-refractivity contribution in [2.75, 3.05) is 13.1 Å². The summed E-state index contributed by atoms with van der Waals surface area (Å²) in [6, 6.07) is 5.23. The van der Waals surface area contributed by atoms with Crippen molar-refractivity contribution in [1.29, 1.82) is 5.26 Å². The number of hydrogen-bond acceptors (Lipinski definition) is 3. The van der Waals surface area contributed by atoms with E-state index < -0.39 is 29.2 Å². The Morgan fingerprint density at radius 2 is 2.00 bits per heavy atom. The molecule has 0 saturated carbocycles. The fourth-order valence-corrected chi connectivity index (χ4v) is 3.40. The highest BCUT2D eigenvalue weighted by Gasteiger charge is 2.32. The quantitative estimate of drug-likeness (QED) is 0.827. The molecule has 0 radical (unpaired) electrons. The number of halogens is 4. The van der Waals surface area contributed by atoms with Crippen molar-refractivity contribution in [1.82, 2.24) is 4.31 Å². The summed E-state index contributed by atoms with van der Waals surface area (Å²) in [5.41, 5.74) is -0.201. The molecule has 1 rings (SSSR count). The molecule has 0 bridgehead atoms. The Bertz CT molecular complexity index is 653. The molecule has 0 heterocycles. The van der Waals surface area contributed by atoms with E-state index in [4.69, 9.17) is 16.9 Å². The van der Waals surface area contributed by atoms with Gasteiger partial charge in [0.05, 0.1) is 12.0 Å². The van der Waals surface area contributed by atoms with Crippen molar-refractivity contribution in [3.05, 3.63) is 28.8 Å². The molecular formula is C12H12ClF3N2O2S. The van der Waals surface area contributed by atoms with Gasteiger partial charge in [-0.1, -0.05) is 18.5 Å². The van der Waals surface area contributed by atoms with Crippen LogP contribution in [0.25, 0.3) is 0 Å². The molecule has 0 aliphatic heterocycles. The Hall–Kier alpha value is -1.30. The molecule has 1 aromatic carbocycles. The van der Waals surface area contributed by atoms with Gasteiger partial charge in [0.25, 0.3) is 0 Å². The van der Waals surface area contributed by atoms with E-state index in [1.54, 1.807) is 6.07 Å². The normalized spacial score (nSPS) is 12.4. The Morgan fingerprint density at radius 1 is 1.38 bits per heavy atom. The fraction of sp³-hybridized carbons (Fsp3) is 0.417. The molecule has 0 spiro atoms. The van der Waals surface area contributed by atoms with E-state index in [0.29, 0.717) is 4.31 Å². The first-order valence-electron chi connectivity index (χ1n) is 5.88. The second kappa shape index (κ2) is 6.64. The lowest BCUT2D eigenvalue weighted by molar-refractivity contribution is -0.135. The molecule has 0 amide bonds. The zero-order valence-electron chi connectivity index (χ0n) is 11.0. The largest absolute Gasteiger partial charge is 0.390 e. The lowest BCUT2D eigenvalue weighted by Crippen LogP contribution is -2.34. The maximum absolute atomic E-state index is 12.3. The maximum atomic E-state index is 12.3. The molecule has 9 heteroatoms. The number of sulfonamides is 1. The molecule has 0 fully saturated rings. The van der Waals surface area contributed by atoms with Crippen LogP contribution in [0.3, 0.4) is 0 Å². The summed E-state index contributed by atoms with van der Waals surface area (Å²) in [6.07, 6.45) is -5.71. The lowest BCUT2D eigenvalue weighted by Gasteiger charge is -2.21. The monoisotopic (exact) mass is 340 g/mol. The first-order chi connectivity index (χ1) is 9.61. The molecule has 116 valence electrons. The Morgan fingerprint density at radius 3 is 2.48 bits per heavy atom. The van der Waals surface area contributed by atoms with Crippen LogP contribution in [-0.2, 0) is 10.0 Å². The highest BCUT2D eigenvalue weighted by atomic mass is 35.5. The minimum Gasteiger partial charge on any atom is -0.207 e. The van der Waals surface area contributed by atoms with Gasteiger partial charge in [0.1, 0.15) is 11.0 Å². The standard InChI is InChI=1S/C12H12ClF3N2O2S/c1-2-18(6-5-12(14,15)16)21(19,20)11-4-3-10(13)7-9(11)8-17/h3-4,7H,2,5-6H2,1H3. The van der Waals surface area contributed by atoms with Crippen LogP contribution in [0.5, 0.6) is 0 Å². The summed E-state index contributed by atoms with van der Waals surface area (Å²) in [5, 5.41) is 9.12.